The van der Waals surface area contributed by atoms with E-state index in [1.807, 2.05) is 18.2 Å². The standard InChI is InChI=1S/C15H20N2O/c1-17(10-9-13-5-3-2-4-6-13)12-15-8-7-14(11-16)18-15/h2-8H,9-12,16H2,1H3. The van der Waals surface area contributed by atoms with Gasteiger partial charge in [0.15, 0.2) is 0 Å². The second-order valence-corrected chi connectivity index (χ2v) is 4.55. The van der Waals surface area contributed by atoms with Gasteiger partial charge in [-0.15, -0.1) is 0 Å². The highest BCUT2D eigenvalue weighted by molar-refractivity contribution is 5.15. The van der Waals surface area contributed by atoms with Crippen molar-refractivity contribution >= 4 is 0 Å². The number of hydrogen-bond acceptors (Lipinski definition) is 3. The lowest BCUT2D eigenvalue weighted by Gasteiger charge is -2.14. The van der Waals surface area contributed by atoms with Crippen LogP contribution in [0, 0.1) is 0 Å². The van der Waals surface area contributed by atoms with Gasteiger partial charge < -0.3 is 10.2 Å². The van der Waals surface area contributed by atoms with Crippen LogP contribution in [-0.4, -0.2) is 18.5 Å². The first kappa shape index (κ1) is 12.9. The molecule has 2 aromatic rings. The van der Waals surface area contributed by atoms with Gasteiger partial charge in [-0.3, -0.25) is 4.90 Å². The first-order valence-electron chi connectivity index (χ1n) is 6.28. The van der Waals surface area contributed by atoms with Crippen LogP contribution in [0.4, 0.5) is 0 Å². The third kappa shape index (κ3) is 3.72. The predicted octanol–water partition coefficient (Wildman–Crippen LogP) is 2.41. The van der Waals surface area contributed by atoms with Gasteiger partial charge in [0.1, 0.15) is 11.5 Å². The summed E-state index contributed by atoms with van der Waals surface area (Å²) in [6, 6.07) is 14.5. The maximum atomic E-state index is 5.59. The van der Waals surface area contributed by atoms with Crippen LogP contribution in [0.3, 0.4) is 0 Å². The summed E-state index contributed by atoms with van der Waals surface area (Å²) < 4.78 is 5.59. The highest BCUT2D eigenvalue weighted by Gasteiger charge is 2.05. The van der Waals surface area contributed by atoms with Crippen LogP contribution in [0.15, 0.2) is 46.9 Å². The van der Waals surface area contributed by atoms with Crippen molar-refractivity contribution in [2.75, 3.05) is 13.6 Å². The number of benzene rings is 1. The lowest BCUT2D eigenvalue weighted by molar-refractivity contribution is 0.294. The van der Waals surface area contributed by atoms with Crippen LogP contribution in [0.2, 0.25) is 0 Å². The van der Waals surface area contributed by atoms with E-state index in [4.69, 9.17) is 10.2 Å². The van der Waals surface area contributed by atoms with Gasteiger partial charge in [-0.1, -0.05) is 30.3 Å². The molecule has 0 amide bonds. The highest BCUT2D eigenvalue weighted by Crippen LogP contribution is 2.10. The molecule has 0 aliphatic rings. The molecule has 0 bridgehead atoms. The first-order chi connectivity index (χ1) is 8.78. The fourth-order valence-electron chi connectivity index (χ4n) is 1.93. The topological polar surface area (TPSA) is 42.4 Å². The Bertz CT molecular complexity index is 464. The molecular weight excluding hydrogens is 224 g/mol. The van der Waals surface area contributed by atoms with Crippen molar-refractivity contribution in [3.05, 3.63) is 59.5 Å². The molecule has 3 heteroatoms. The van der Waals surface area contributed by atoms with E-state index in [2.05, 4.69) is 36.2 Å². The van der Waals surface area contributed by atoms with Crippen LogP contribution in [0.5, 0.6) is 0 Å². The molecule has 0 saturated carbocycles. The van der Waals surface area contributed by atoms with Gasteiger partial charge in [-0.05, 0) is 31.2 Å². The summed E-state index contributed by atoms with van der Waals surface area (Å²) in [7, 11) is 2.10. The van der Waals surface area contributed by atoms with E-state index in [1.54, 1.807) is 0 Å². The predicted molar refractivity (Wildman–Crippen MR) is 73.1 cm³/mol. The lowest BCUT2D eigenvalue weighted by Crippen LogP contribution is -2.20. The molecule has 0 aliphatic heterocycles. The van der Waals surface area contributed by atoms with E-state index >= 15 is 0 Å². The third-order valence-corrected chi connectivity index (χ3v) is 2.97. The fraction of sp³-hybridized carbons (Fsp3) is 0.333. The molecule has 1 aromatic heterocycles. The van der Waals surface area contributed by atoms with Crippen molar-refractivity contribution in [2.24, 2.45) is 5.73 Å². The van der Waals surface area contributed by atoms with Gasteiger partial charge in [-0.25, -0.2) is 0 Å². The Hall–Kier alpha value is -1.58. The van der Waals surface area contributed by atoms with E-state index in [9.17, 15) is 0 Å². The fourth-order valence-corrected chi connectivity index (χ4v) is 1.93. The van der Waals surface area contributed by atoms with Crippen molar-refractivity contribution in [2.45, 2.75) is 19.5 Å². The minimum atomic E-state index is 0.466. The summed E-state index contributed by atoms with van der Waals surface area (Å²) in [4.78, 5) is 2.26. The van der Waals surface area contributed by atoms with E-state index in [1.165, 1.54) is 5.56 Å². The average Bonchev–Trinajstić information content (AvgIpc) is 2.85. The molecule has 2 rings (SSSR count). The van der Waals surface area contributed by atoms with E-state index in [0.717, 1.165) is 31.0 Å². The molecule has 2 N–H and O–H groups in total. The molecule has 0 unspecified atom stereocenters. The zero-order valence-electron chi connectivity index (χ0n) is 10.8. The van der Waals surface area contributed by atoms with E-state index < -0.39 is 0 Å². The number of nitrogens with zero attached hydrogens (tertiary/aromatic N) is 1. The zero-order valence-corrected chi connectivity index (χ0v) is 10.8. The largest absolute Gasteiger partial charge is 0.463 e. The lowest BCUT2D eigenvalue weighted by atomic mass is 10.1. The minimum Gasteiger partial charge on any atom is -0.463 e. The molecule has 0 spiro atoms. The summed E-state index contributed by atoms with van der Waals surface area (Å²) in [5.41, 5.74) is 6.89. The highest BCUT2D eigenvalue weighted by atomic mass is 16.3. The quantitative estimate of drug-likeness (QED) is 0.848. The van der Waals surface area contributed by atoms with E-state index in [-0.39, 0.29) is 0 Å². The normalized spacial score (nSPS) is 11.1. The van der Waals surface area contributed by atoms with Crippen LogP contribution in [-0.2, 0) is 19.5 Å². The van der Waals surface area contributed by atoms with Gasteiger partial charge in [0.25, 0.3) is 0 Å². The molecule has 0 radical (unpaired) electrons. The number of nitrogens with two attached hydrogens (primary N) is 1. The molecule has 18 heavy (non-hydrogen) atoms. The van der Waals surface area contributed by atoms with Gasteiger partial charge in [0, 0.05) is 6.54 Å². The van der Waals surface area contributed by atoms with Gasteiger partial charge in [0.05, 0.1) is 13.1 Å². The summed E-state index contributed by atoms with van der Waals surface area (Å²) >= 11 is 0. The van der Waals surface area contributed by atoms with Crippen LogP contribution in [0.1, 0.15) is 17.1 Å². The van der Waals surface area contributed by atoms with Crippen molar-refractivity contribution in [1.82, 2.24) is 4.90 Å². The number of furan rings is 1. The number of rotatable bonds is 6. The van der Waals surface area contributed by atoms with E-state index in [0.29, 0.717) is 6.54 Å². The number of likely N-dealkylation sites (N-methyl/N-ethyl adjacent to an activating group) is 1. The third-order valence-electron chi connectivity index (χ3n) is 2.97. The van der Waals surface area contributed by atoms with Gasteiger partial charge in [-0.2, -0.15) is 0 Å². The molecule has 1 aromatic carbocycles. The Balaban J connectivity index is 1.80. The molecule has 0 fully saturated rings. The van der Waals surface area contributed by atoms with Crippen molar-refractivity contribution in [3.63, 3.8) is 0 Å². The monoisotopic (exact) mass is 244 g/mol. The Morgan fingerprint density at radius 3 is 2.44 bits per heavy atom. The van der Waals surface area contributed by atoms with Crippen molar-refractivity contribution in [1.29, 1.82) is 0 Å². The van der Waals surface area contributed by atoms with Crippen LogP contribution < -0.4 is 5.73 Å². The molecule has 0 saturated heterocycles. The molecule has 0 aliphatic carbocycles. The molecule has 3 nitrogen and oxygen atoms in total. The Morgan fingerprint density at radius 1 is 1.06 bits per heavy atom. The van der Waals surface area contributed by atoms with Crippen LogP contribution >= 0.6 is 0 Å². The van der Waals surface area contributed by atoms with Crippen molar-refractivity contribution in [3.8, 4) is 0 Å². The Kier molecular flexibility index (Phi) is 4.56. The number of hydrogen-bond donors (Lipinski definition) is 1. The molecular formula is C15H20N2O. The smallest absolute Gasteiger partial charge is 0.118 e. The SMILES string of the molecule is CN(CCc1ccccc1)Cc1ccc(CN)o1. The average molecular weight is 244 g/mol. The molecule has 0 atom stereocenters. The second kappa shape index (κ2) is 6.38. The first-order valence-corrected chi connectivity index (χ1v) is 6.28. The summed E-state index contributed by atoms with van der Waals surface area (Å²) in [6.07, 6.45) is 1.06. The van der Waals surface area contributed by atoms with Gasteiger partial charge >= 0.3 is 0 Å². The van der Waals surface area contributed by atoms with Crippen molar-refractivity contribution < 1.29 is 4.42 Å². The zero-order chi connectivity index (χ0) is 12.8. The summed E-state index contributed by atoms with van der Waals surface area (Å²) in [5, 5.41) is 0. The Labute approximate surface area is 108 Å². The Morgan fingerprint density at radius 2 is 1.78 bits per heavy atom. The van der Waals surface area contributed by atoms with Gasteiger partial charge in [0.2, 0.25) is 0 Å². The maximum Gasteiger partial charge on any atom is 0.118 e. The summed E-state index contributed by atoms with van der Waals surface area (Å²) in [5.74, 6) is 1.83. The molecule has 1 heterocycles. The minimum absolute atomic E-state index is 0.466. The maximum absolute atomic E-state index is 5.59. The molecule has 96 valence electrons. The summed E-state index contributed by atoms with van der Waals surface area (Å²) in [6.45, 7) is 2.31. The van der Waals surface area contributed by atoms with Crippen LogP contribution in [0.25, 0.3) is 0 Å². The second-order valence-electron chi connectivity index (χ2n) is 4.55.